The summed E-state index contributed by atoms with van der Waals surface area (Å²) in [7, 11) is 0. The summed E-state index contributed by atoms with van der Waals surface area (Å²) in [5.74, 6) is 4.15. The number of aromatic nitrogens is 2. The van der Waals surface area contributed by atoms with Crippen molar-refractivity contribution in [3.05, 3.63) is 59.2 Å². The molecule has 1 heterocycles. The molecule has 0 saturated carbocycles. The molecule has 1 unspecified atom stereocenters. The second-order valence-corrected chi connectivity index (χ2v) is 3.85. The van der Waals surface area contributed by atoms with Gasteiger partial charge in [0.2, 0.25) is 0 Å². The molecule has 0 aliphatic heterocycles. The highest BCUT2D eigenvalue weighted by atomic mass is 19.1. The average molecular weight is 250 g/mol. The van der Waals surface area contributed by atoms with Gasteiger partial charge in [0, 0.05) is 24.0 Å². The molecule has 94 valence electrons. The minimum absolute atomic E-state index is 0.233. The lowest BCUT2D eigenvalue weighted by Crippen LogP contribution is -2.30. The SMILES string of the molecule is Cc1cc(C(NN)c2cnccn2)c(F)cc1F. The van der Waals surface area contributed by atoms with Gasteiger partial charge in [-0.2, -0.15) is 0 Å². The van der Waals surface area contributed by atoms with Crippen LogP contribution >= 0.6 is 0 Å². The zero-order valence-corrected chi connectivity index (χ0v) is 9.69. The maximum atomic E-state index is 13.8. The van der Waals surface area contributed by atoms with Gasteiger partial charge in [-0.25, -0.2) is 14.2 Å². The van der Waals surface area contributed by atoms with Gasteiger partial charge in [-0.3, -0.25) is 15.8 Å². The first kappa shape index (κ1) is 12.5. The number of nitrogens with zero attached hydrogens (tertiary/aromatic N) is 2. The second-order valence-electron chi connectivity index (χ2n) is 3.85. The first-order chi connectivity index (χ1) is 8.63. The minimum Gasteiger partial charge on any atom is -0.271 e. The summed E-state index contributed by atoms with van der Waals surface area (Å²) in [5, 5.41) is 0. The summed E-state index contributed by atoms with van der Waals surface area (Å²) in [6.45, 7) is 1.56. The maximum Gasteiger partial charge on any atom is 0.131 e. The zero-order valence-electron chi connectivity index (χ0n) is 9.69. The summed E-state index contributed by atoms with van der Waals surface area (Å²) in [4.78, 5) is 7.95. The summed E-state index contributed by atoms with van der Waals surface area (Å²) in [5.41, 5.74) is 3.50. The first-order valence-electron chi connectivity index (χ1n) is 5.31. The van der Waals surface area contributed by atoms with E-state index in [-0.39, 0.29) is 5.56 Å². The number of benzene rings is 1. The van der Waals surface area contributed by atoms with Gasteiger partial charge in [0.1, 0.15) is 11.6 Å². The molecule has 0 bridgehead atoms. The highest BCUT2D eigenvalue weighted by molar-refractivity contribution is 5.32. The number of aryl methyl sites for hydroxylation is 1. The number of hydrazine groups is 1. The van der Waals surface area contributed by atoms with Crippen LogP contribution in [0.25, 0.3) is 0 Å². The zero-order chi connectivity index (χ0) is 13.1. The van der Waals surface area contributed by atoms with Gasteiger partial charge in [0.05, 0.1) is 17.9 Å². The van der Waals surface area contributed by atoms with E-state index in [1.165, 1.54) is 24.7 Å². The predicted octanol–water partition coefficient (Wildman–Crippen LogP) is 1.62. The summed E-state index contributed by atoms with van der Waals surface area (Å²) in [6.07, 6.45) is 4.46. The molecular formula is C12H12F2N4. The fourth-order valence-corrected chi connectivity index (χ4v) is 1.69. The van der Waals surface area contributed by atoms with Crippen LogP contribution in [-0.4, -0.2) is 9.97 Å². The lowest BCUT2D eigenvalue weighted by atomic mass is 10.0. The van der Waals surface area contributed by atoms with E-state index in [9.17, 15) is 8.78 Å². The molecule has 0 spiro atoms. The van der Waals surface area contributed by atoms with Crippen molar-refractivity contribution >= 4 is 0 Å². The molecule has 3 N–H and O–H groups in total. The van der Waals surface area contributed by atoms with Crippen molar-refractivity contribution in [1.82, 2.24) is 15.4 Å². The van der Waals surface area contributed by atoms with Gasteiger partial charge in [-0.15, -0.1) is 0 Å². The number of hydrogen-bond acceptors (Lipinski definition) is 4. The van der Waals surface area contributed by atoms with Crippen LogP contribution in [-0.2, 0) is 0 Å². The Kier molecular flexibility index (Phi) is 3.59. The van der Waals surface area contributed by atoms with Crippen LogP contribution < -0.4 is 11.3 Å². The molecule has 6 heteroatoms. The molecule has 0 saturated heterocycles. The summed E-state index contributed by atoms with van der Waals surface area (Å²) >= 11 is 0. The smallest absolute Gasteiger partial charge is 0.131 e. The van der Waals surface area contributed by atoms with Crippen molar-refractivity contribution in [3.63, 3.8) is 0 Å². The molecule has 0 fully saturated rings. The molecule has 4 nitrogen and oxygen atoms in total. The molecule has 1 aromatic carbocycles. The Morgan fingerprint density at radius 2 is 2.00 bits per heavy atom. The van der Waals surface area contributed by atoms with Gasteiger partial charge < -0.3 is 0 Å². The van der Waals surface area contributed by atoms with E-state index in [4.69, 9.17) is 5.84 Å². The molecule has 0 aliphatic carbocycles. The lowest BCUT2D eigenvalue weighted by molar-refractivity contribution is 0.532. The number of halogens is 2. The van der Waals surface area contributed by atoms with E-state index in [1.54, 1.807) is 6.92 Å². The van der Waals surface area contributed by atoms with Crippen molar-refractivity contribution in [2.24, 2.45) is 5.84 Å². The molecular weight excluding hydrogens is 238 g/mol. The Hall–Kier alpha value is -1.92. The van der Waals surface area contributed by atoms with E-state index in [1.807, 2.05) is 0 Å². The fourth-order valence-electron chi connectivity index (χ4n) is 1.69. The molecule has 2 rings (SSSR count). The van der Waals surface area contributed by atoms with Crippen LogP contribution in [0, 0.1) is 18.6 Å². The Bertz CT molecular complexity index is 545. The largest absolute Gasteiger partial charge is 0.271 e. The van der Waals surface area contributed by atoms with Gasteiger partial charge in [-0.05, 0) is 18.6 Å². The normalized spacial score (nSPS) is 12.4. The van der Waals surface area contributed by atoms with Crippen LogP contribution in [0.5, 0.6) is 0 Å². The van der Waals surface area contributed by atoms with Crippen molar-refractivity contribution < 1.29 is 8.78 Å². The van der Waals surface area contributed by atoms with Crippen LogP contribution in [0.4, 0.5) is 8.78 Å². The van der Waals surface area contributed by atoms with Gasteiger partial charge in [0.25, 0.3) is 0 Å². The molecule has 2 aromatic rings. The summed E-state index contributed by atoms with van der Waals surface area (Å²) < 4.78 is 27.0. The highest BCUT2D eigenvalue weighted by Gasteiger charge is 2.19. The Morgan fingerprint density at radius 1 is 1.22 bits per heavy atom. The number of nitrogens with one attached hydrogen (secondary N) is 1. The van der Waals surface area contributed by atoms with Gasteiger partial charge in [0.15, 0.2) is 0 Å². The molecule has 1 aromatic heterocycles. The summed E-state index contributed by atoms with van der Waals surface area (Å²) in [6, 6.07) is 1.58. The van der Waals surface area contributed by atoms with Crippen LogP contribution in [0.15, 0.2) is 30.7 Å². The van der Waals surface area contributed by atoms with E-state index < -0.39 is 17.7 Å². The monoisotopic (exact) mass is 250 g/mol. The van der Waals surface area contributed by atoms with E-state index in [0.717, 1.165) is 6.07 Å². The quantitative estimate of drug-likeness (QED) is 0.641. The average Bonchev–Trinajstić information content (AvgIpc) is 2.38. The molecule has 0 aliphatic rings. The molecule has 0 radical (unpaired) electrons. The predicted molar refractivity (Wildman–Crippen MR) is 62.3 cm³/mol. The molecule has 18 heavy (non-hydrogen) atoms. The van der Waals surface area contributed by atoms with Gasteiger partial charge in [-0.1, -0.05) is 0 Å². The Labute approximate surface area is 103 Å². The number of nitrogens with two attached hydrogens (primary N) is 1. The Morgan fingerprint density at radius 3 is 2.61 bits per heavy atom. The number of hydrogen-bond donors (Lipinski definition) is 2. The third-order valence-electron chi connectivity index (χ3n) is 2.63. The topological polar surface area (TPSA) is 63.8 Å². The number of rotatable bonds is 3. The minimum atomic E-state index is -0.674. The first-order valence-corrected chi connectivity index (χ1v) is 5.31. The van der Waals surface area contributed by atoms with E-state index in [2.05, 4.69) is 15.4 Å². The van der Waals surface area contributed by atoms with Crippen molar-refractivity contribution in [2.45, 2.75) is 13.0 Å². The van der Waals surface area contributed by atoms with Crippen LogP contribution in [0.2, 0.25) is 0 Å². The van der Waals surface area contributed by atoms with Crippen LogP contribution in [0.3, 0.4) is 0 Å². The second kappa shape index (κ2) is 5.16. The standard InChI is InChI=1S/C12H12F2N4/c1-7-4-8(10(14)5-9(7)13)12(18-15)11-6-16-2-3-17-11/h2-6,12,18H,15H2,1H3. The Balaban J connectivity index is 2.49. The highest BCUT2D eigenvalue weighted by Crippen LogP contribution is 2.24. The van der Waals surface area contributed by atoms with Crippen molar-refractivity contribution in [3.8, 4) is 0 Å². The molecule has 1 atom stereocenters. The third-order valence-corrected chi connectivity index (χ3v) is 2.63. The lowest BCUT2D eigenvalue weighted by Gasteiger charge is -2.16. The van der Waals surface area contributed by atoms with E-state index >= 15 is 0 Å². The van der Waals surface area contributed by atoms with E-state index in [0.29, 0.717) is 11.3 Å². The van der Waals surface area contributed by atoms with Crippen molar-refractivity contribution in [1.29, 1.82) is 0 Å². The fraction of sp³-hybridized carbons (Fsp3) is 0.167. The van der Waals surface area contributed by atoms with Gasteiger partial charge >= 0.3 is 0 Å². The maximum absolute atomic E-state index is 13.8. The van der Waals surface area contributed by atoms with Crippen LogP contribution in [0.1, 0.15) is 22.9 Å². The molecule has 0 amide bonds. The third kappa shape index (κ3) is 2.34. The van der Waals surface area contributed by atoms with Crippen molar-refractivity contribution in [2.75, 3.05) is 0 Å².